The number of alkyl halides is 3. The van der Waals surface area contributed by atoms with E-state index >= 15 is 0 Å². The maximum atomic E-state index is 13.1. The van der Waals surface area contributed by atoms with Crippen molar-refractivity contribution < 1.29 is 22.7 Å². The highest BCUT2D eigenvalue weighted by molar-refractivity contribution is 5.69. The number of aryl methyl sites for hydroxylation is 1. The number of rotatable bonds is 2. The highest BCUT2D eigenvalue weighted by Gasteiger charge is 2.54. The largest absolute Gasteiger partial charge is 0.444 e. The van der Waals surface area contributed by atoms with Crippen molar-refractivity contribution in [3.8, 4) is 0 Å². The number of ether oxygens (including phenoxy) is 1. The molecule has 1 aliphatic carbocycles. The minimum atomic E-state index is -4.38. The summed E-state index contributed by atoms with van der Waals surface area (Å²) in [7, 11) is 1.32. The Hall–Kier alpha value is -1.73. The lowest BCUT2D eigenvalue weighted by molar-refractivity contribution is -0.144. The number of aromatic nitrogens is 2. The van der Waals surface area contributed by atoms with Gasteiger partial charge in [0.05, 0.1) is 6.20 Å². The average Bonchev–Trinajstić information content (AvgIpc) is 2.68. The van der Waals surface area contributed by atoms with Gasteiger partial charge < -0.3 is 9.64 Å². The Morgan fingerprint density at radius 1 is 1.32 bits per heavy atom. The Morgan fingerprint density at radius 3 is 2.44 bits per heavy atom. The number of hydrogen-bond donors (Lipinski definition) is 0. The van der Waals surface area contributed by atoms with Crippen LogP contribution < -0.4 is 0 Å². The standard InChI is InChI=1S/C17H24F3N3O2/c1-15(2,3)25-14(24)23-9-16(10-23)6-11(7-16)5-12-8-21-22(4)13(12)17(18,19)20/h8,11H,5-7,9-10H2,1-4H3. The van der Waals surface area contributed by atoms with Gasteiger partial charge in [-0.1, -0.05) is 0 Å². The molecule has 0 unspecified atom stereocenters. The van der Waals surface area contributed by atoms with Gasteiger partial charge in [0.25, 0.3) is 0 Å². The summed E-state index contributed by atoms with van der Waals surface area (Å²) < 4.78 is 45.5. The van der Waals surface area contributed by atoms with Crippen LogP contribution in [0.4, 0.5) is 18.0 Å². The third kappa shape index (κ3) is 3.62. The molecule has 1 spiro atoms. The molecular weight excluding hydrogens is 335 g/mol. The molecule has 0 aromatic carbocycles. The first kappa shape index (κ1) is 18.1. The lowest BCUT2D eigenvalue weighted by atomic mass is 9.56. The van der Waals surface area contributed by atoms with Crippen LogP contribution in [0, 0.1) is 11.3 Å². The van der Waals surface area contributed by atoms with Crippen LogP contribution in [-0.2, 0) is 24.4 Å². The fourth-order valence-electron chi connectivity index (χ4n) is 4.10. The number of amides is 1. The van der Waals surface area contributed by atoms with E-state index in [9.17, 15) is 18.0 Å². The quantitative estimate of drug-likeness (QED) is 0.810. The van der Waals surface area contributed by atoms with Crippen molar-refractivity contribution in [1.29, 1.82) is 0 Å². The summed E-state index contributed by atoms with van der Waals surface area (Å²) in [6.45, 7) is 6.75. The van der Waals surface area contributed by atoms with E-state index in [2.05, 4.69) is 5.10 Å². The van der Waals surface area contributed by atoms with E-state index in [1.165, 1.54) is 13.2 Å². The minimum absolute atomic E-state index is 0.0716. The van der Waals surface area contributed by atoms with Crippen molar-refractivity contribution in [3.63, 3.8) is 0 Å². The molecule has 1 amide bonds. The van der Waals surface area contributed by atoms with Crippen LogP contribution in [0.3, 0.4) is 0 Å². The van der Waals surface area contributed by atoms with Crippen molar-refractivity contribution in [1.82, 2.24) is 14.7 Å². The van der Waals surface area contributed by atoms with Gasteiger partial charge in [0.15, 0.2) is 0 Å². The number of likely N-dealkylation sites (tertiary alicyclic amines) is 1. The summed E-state index contributed by atoms with van der Waals surface area (Å²) in [5.74, 6) is 0.214. The molecule has 8 heteroatoms. The van der Waals surface area contributed by atoms with E-state index in [0.29, 0.717) is 19.5 Å². The first-order valence-corrected chi connectivity index (χ1v) is 8.45. The molecule has 1 saturated heterocycles. The second kappa shape index (κ2) is 5.64. The Morgan fingerprint density at radius 2 is 1.92 bits per heavy atom. The van der Waals surface area contributed by atoms with Gasteiger partial charge in [-0.05, 0) is 46.0 Å². The third-order valence-corrected chi connectivity index (χ3v) is 4.94. The zero-order valence-corrected chi connectivity index (χ0v) is 15.0. The Labute approximate surface area is 145 Å². The second-order valence-corrected chi connectivity index (χ2v) is 8.45. The predicted molar refractivity (Wildman–Crippen MR) is 84.9 cm³/mol. The molecule has 1 aromatic rings. The lowest BCUT2D eigenvalue weighted by Crippen LogP contribution is -2.64. The van der Waals surface area contributed by atoms with Crippen molar-refractivity contribution in [2.24, 2.45) is 18.4 Å². The number of nitrogens with zero attached hydrogens (tertiary/aromatic N) is 3. The van der Waals surface area contributed by atoms with Crippen LogP contribution in [0.15, 0.2) is 6.20 Å². The fourth-order valence-corrected chi connectivity index (χ4v) is 4.10. The van der Waals surface area contributed by atoms with Gasteiger partial charge in [-0.2, -0.15) is 18.3 Å². The Balaban J connectivity index is 1.51. The van der Waals surface area contributed by atoms with Gasteiger partial charge >= 0.3 is 12.3 Å². The molecule has 0 atom stereocenters. The molecule has 1 aliphatic heterocycles. The summed E-state index contributed by atoms with van der Waals surface area (Å²) in [5.41, 5.74) is -0.839. The monoisotopic (exact) mass is 359 g/mol. The summed E-state index contributed by atoms with van der Waals surface area (Å²) in [4.78, 5) is 13.6. The Kier molecular flexibility index (Phi) is 4.08. The van der Waals surface area contributed by atoms with Gasteiger partial charge in [-0.3, -0.25) is 4.68 Å². The maximum Gasteiger partial charge on any atom is 0.433 e. The van der Waals surface area contributed by atoms with E-state index in [1.807, 2.05) is 20.8 Å². The average molecular weight is 359 g/mol. The topological polar surface area (TPSA) is 47.4 Å². The predicted octanol–water partition coefficient (Wildman–Crippen LogP) is 3.63. The van der Waals surface area contributed by atoms with Crippen molar-refractivity contribution in [3.05, 3.63) is 17.5 Å². The molecule has 1 aromatic heterocycles. The molecule has 2 fully saturated rings. The van der Waals surface area contributed by atoms with Crippen LogP contribution >= 0.6 is 0 Å². The second-order valence-electron chi connectivity index (χ2n) is 8.45. The lowest BCUT2D eigenvalue weighted by Gasteiger charge is -2.58. The minimum Gasteiger partial charge on any atom is -0.444 e. The molecule has 5 nitrogen and oxygen atoms in total. The zero-order chi connectivity index (χ0) is 18.6. The van der Waals surface area contributed by atoms with E-state index < -0.39 is 17.5 Å². The maximum absolute atomic E-state index is 13.1. The number of carbonyl (C=O) groups excluding carboxylic acids is 1. The van der Waals surface area contributed by atoms with Crippen LogP contribution in [0.25, 0.3) is 0 Å². The molecule has 25 heavy (non-hydrogen) atoms. The van der Waals surface area contributed by atoms with Gasteiger partial charge in [0, 0.05) is 31.1 Å². The molecule has 0 N–H and O–H groups in total. The molecular formula is C17H24F3N3O2. The summed E-state index contributed by atoms with van der Waals surface area (Å²) in [6, 6.07) is 0. The van der Waals surface area contributed by atoms with Crippen LogP contribution in [0.5, 0.6) is 0 Å². The van der Waals surface area contributed by atoms with Crippen molar-refractivity contribution in [2.75, 3.05) is 13.1 Å². The van der Waals surface area contributed by atoms with Crippen molar-refractivity contribution >= 4 is 6.09 Å². The van der Waals surface area contributed by atoms with Crippen molar-refractivity contribution in [2.45, 2.75) is 51.8 Å². The molecule has 0 radical (unpaired) electrons. The normalized spacial score (nSPS) is 20.4. The van der Waals surface area contributed by atoms with Gasteiger partial charge in [-0.25, -0.2) is 4.79 Å². The third-order valence-electron chi connectivity index (χ3n) is 4.94. The first-order valence-electron chi connectivity index (χ1n) is 8.45. The molecule has 3 rings (SSSR count). The molecule has 2 heterocycles. The van der Waals surface area contributed by atoms with Crippen LogP contribution in [0.1, 0.15) is 44.9 Å². The highest BCUT2D eigenvalue weighted by Crippen LogP contribution is 2.53. The number of halogens is 3. The van der Waals surface area contributed by atoms with E-state index in [4.69, 9.17) is 4.74 Å². The summed E-state index contributed by atoms with van der Waals surface area (Å²) >= 11 is 0. The van der Waals surface area contributed by atoms with Crippen LogP contribution in [-0.4, -0.2) is 39.5 Å². The SMILES string of the molecule is Cn1ncc(CC2CC3(C2)CN(C(=O)OC(C)(C)C)C3)c1C(F)(F)F. The smallest absolute Gasteiger partial charge is 0.433 e. The van der Waals surface area contributed by atoms with Gasteiger partial charge in [0.2, 0.25) is 0 Å². The van der Waals surface area contributed by atoms with E-state index in [-0.39, 0.29) is 23.0 Å². The van der Waals surface area contributed by atoms with E-state index in [1.54, 1.807) is 4.90 Å². The first-order chi connectivity index (χ1) is 11.4. The summed E-state index contributed by atoms with van der Waals surface area (Å²) in [6.07, 6.45) is -1.30. The fraction of sp³-hybridized carbons (Fsp3) is 0.765. The molecule has 140 valence electrons. The highest BCUT2D eigenvalue weighted by atomic mass is 19.4. The molecule has 1 saturated carbocycles. The number of carbonyl (C=O) groups is 1. The molecule has 0 bridgehead atoms. The van der Waals surface area contributed by atoms with Crippen LogP contribution in [0.2, 0.25) is 0 Å². The Bertz CT molecular complexity index is 662. The zero-order valence-electron chi connectivity index (χ0n) is 15.0. The van der Waals surface area contributed by atoms with Gasteiger partial charge in [0.1, 0.15) is 11.3 Å². The van der Waals surface area contributed by atoms with E-state index in [0.717, 1.165) is 17.5 Å². The number of hydrogen-bond acceptors (Lipinski definition) is 3. The molecule has 2 aliphatic rings. The summed E-state index contributed by atoms with van der Waals surface area (Å²) in [5, 5.41) is 3.76. The van der Waals surface area contributed by atoms with Gasteiger partial charge in [-0.15, -0.1) is 0 Å².